The Bertz CT molecular complexity index is 463. The maximum atomic E-state index is 11.2. The zero-order chi connectivity index (χ0) is 13.7. The Morgan fingerprint density at radius 3 is 2.58 bits per heavy atom. The van der Waals surface area contributed by atoms with Gasteiger partial charge in [0.1, 0.15) is 11.3 Å². The van der Waals surface area contributed by atoms with Crippen molar-refractivity contribution in [3.63, 3.8) is 0 Å². The van der Waals surface area contributed by atoms with Gasteiger partial charge in [-0.05, 0) is 24.6 Å². The van der Waals surface area contributed by atoms with Crippen molar-refractivity contribution in [1.29, 1.82) is 0 Å². The summed E-state index contributed by atoms with van der Waals surface area (Å²) in [5.41, 5.74) is 5.98. The van der Waals surface area contributed by atoms with Crippen molar-refractivity contribution in [3.8, 4) is 5.75 Å². The summed E-state index contributed by atoms with van der Waals surface area (Å²) in [6.45, 7) is 1.95. The van der Waals surface area contributed by atoms with Crippen molar-refractivity contribution in [2.75, 3.05) is 6.61 Å². The Balaban J connectivity index is 0.00000324. The second kappa shape index (κ2) is 7.60. The van der Waals surface area contributed by atoms with Gasteiger partial charge in [-0.15, -0.1) is 12.4 Å². The molecule has 1 aromatic carbocycles. The smallest absolute Gasteiger partial charge is 0.339 e. The van der Waals surface area contributed by atoms with E-state index in [4.69, 9.17) is 15.6 Å². The largest absolute Gasteiger partial charge is 0.507 e. The Morgan fingerprint density at radius 1 is 1.42 bits per heavy atom. The molecule has 7 heteroatoms. The number of carbonyl (C=O) groups is 2. The summed E-state index contributed by atoms with van der Waals surface area (Å²) >= 11 is 0. The van der Waals surface area contributed by atoms with E-state index >= 15 is 0 Å². The van der Waals surface area contributed by atoms with E-state index in [0.29, 0.717) is 5.56 Å². The van der Waals surface area contributed by atoms with Crippen LogP contribution in [0.25, 0.3) is 0 Å². The third-order valence-electron chi connectivity index (χ3n) is 2.37. The first-order valence-corrected chi connectivity index (χ1v) is 5.43. The fourth-order valence-electron chi connectivity index (χ4n) is 1.47. The van der Waals surface area contributed by atoms with Gasteiger partial charge >= 0.3 is 11.9 Å². The molecule has 0 saturated heterocycles. The van der Waals surface area contributed by atoms with Crippen molar-refractivity contribution in [2.45, 2.75) is 19.4 Å². The molecular formula is C12H16ClNO5. The average molecular weight is 290 g/mol. The summed E-state index contributed by atoms with van der Waals surface area (Å²) < 4.78 is 4.75. The molecule has 0 heterocycles. The Labute approximate surface area is 116 Å². The third kappa shape index (κ3) is 4.76. The molecule has 0 spiro atoms. The molecule has 0 aliphatic heterocycles. The lowest BCUT2D eigenvalue weighted by atomic mass is 10.0. The molecule has 106 valence electrons. The van der Waals surface area contributed by atoms with Gasteiger partial charge in [-0.2, -0.15) is 0 Å². The van der Waals surface area contributed by atoms with E-state index in [0.717, 1.165) is 0 Å². The molecule has 19 heavy (non-hydrogen) atoms. The van der Waals surface area contributed by atoms with Gasteiger partial charge < -0.3 is 20.7 Å². The second-order valence-corrected chi connectivity index (χ2v) is 3.70. The van der Waals surface area contributed by atoms with Crippen molar-refractivity contribution in [3.05, 3.63) is 29.3 Å². The minimum Gasteiger partial charge on any atom is -0.507 e. The molecule has 1 atom stereocenters. The highest BCUT2D eigenvalue weighted by molar-refractivity contribution is 5.91. The fourth-order valence-corrected chi connectivity index (χ4v) is 1.47. The van der Waals surface area contributed by atoms with Crippen LogP contribution in [0.5, 0.6) is 5.75 Å². The van der Waals surface area contributed by atoms with Gasteiger partial charge in [-0.1, -0.05) is 6.07 Å². The van der Waals surface area contributed by atoms with Crippen LogP contribution in [0.2, 0.25) is 0 Å². The molecule has 6 nitrogen and oxygen atoms in total. The zero-order valence-electron chi connectivity index (χ0n) is 10.3. The lowest BCUT2D eigenvalue weighted by Crippen LogP contribution is -2.17. The first-order chi connectivity index (χ1) is 8.45. The first kappa shape index (κ1) is 17.2. The summed E-state index contributed by atoms with van der Waals surface area (Å²) in [4.78, 5) is 22.1. The molecule has 1 aromatic rings. The normalized spacial score (nSPS) is 11.3. The van der Waals surface area contributed by atoms with E-state index in [1.54, 1.807) is 6.92 Å². The monoisotopic (exact) mass is 289 g/mol. The van der Waals surface area contributed by atoms with Crippen LogP contribution >= 0.6 is 12.4 Å². The van der Waals surface area contributed by atoms with E-state index in [1.165, 1.54) is 18.2 Å². The zero-order valence-corrected chi connectivity index (χ0v) is 11.1. The molecule has 0 fully saturated rings. The number of esters is 1. The van der Waals surface area contributed by atoms with Gasteiger partial charge in [-0.3, -0.25) is 4.79 Å². The number of halogens is 1. The van der Waals surface area contributed by atoms with Crippen LogP contribution in [-0.4, -0.2) is 28.8 Å². The van der Waals surface area contributed by atoms with E-state index in [1.807, 2.05) is 0 Å². The Hall–Kier alpha value is -1.79. The fraction of sp³-hybridized carbons (Fsp3) is 0.333. The number of aromatic carboxylic acids is 1. The number of hydrogen-bond acceptors (Lipinski definition) is 5. The highest BCUT2D eigenvalue weighted by Gasteiger charge is 2.16. The van der Waals surface area contributed by atoms with Gasteiger partial charge in [0, 0.05) is 6.04 Å². The number of aromatic hydroxyl groups is 1. The van der Waals surface area contributed by atoms with Crippen molar-refractivity contribution >= 4 is 24.3 Å². The van der Waals surface area contributed by atoms with Crippen LogP contribution in [0.3, 0.4) is 0 Å². The topological polar surface area (TPSA) is 110 Å². The maximum absolute atomic E-state index is 11.2. The maximum Gasteiger partial charge on any atom is 0.339 e. The van der Waals surface area contributed by atoms with E-state index < -0.39 is 18.0 Å². The van der Waals surface area contributed by atoms with Crippen LogP contribution in [-0.2, 0) is 9.53 Å². The third-order valence-corrected chi connectivity index (χ3v) is 2.37. The Kier molecular flexibility index (Phi) is 6.89. The number of benzene rings is 1. The molecular weight excluding hydrogens is 274 g/mol. The van der Waals surface area contributed by atoms with Gasteiger partial charge in [0.2, 0.25) is 0 Å². The number of ether oxygens (including phenoxy) is 1. The lowest BCUT2D eigenvalue weighted by molar-refractivity contribution is -0.143. The summed E-state index contributed by atoms with van der Waals surface area (Å²) in [5.74, 6) is -2.04. The number of nitrogens with two attached hydrogens (primary N) is 1. The van der Waals surface area contributed by atoms with Gasteiger partial charge in [0.25, 0.3) is 0 Å². The number of rotatable bonds is 5. The molecule has 0 unspecified atom stereocenters. The highest BCUT2D eigenvalue weighted by Crippen LogP contribution is 2.23. The van der Waals surface area contributed by atoms with E-state index in [9.17, 15) is 14.7 Å². The SMILES string of the molecule is CCOC(=O)C[C@H](N)c1ccc(O)c(C(=O)O)c1.Cl. The average Bonchev–Trinajstić information content (AvgIpc) is 2.29. The number of phenols is 1. The minimum atomic E-state index is -1.25. The van der Waals surface area contributed by atoms with Gasteiger partial charge in [-0.25, -0.2) is 4.79 Å². The van der Waals surface area contributed by atoms with Crippen molar-refractivity contribution in [2.24, 2.45) is 5.73 Å². The standard InChI is InChI=1S/C12H15NO5.ClH/c1-2-18-11(15)6-9(13)7-3-4-10(14)8(5-7)12(16)17;/h3-5,9,14H,2,6,13H2,1H3,(H,16,17);1H/t9-;/m0./s1. The summed E-state index contributed by atoms with van der Waals surface area (Å²) in [5, 5.41) is 18.2. The van der Waals surface area contributed by atoms with Crippen LogP contribution in [0.1, 0.15) is 35.3 Å². The van der Waals surface area contributed by atoms with Crippen LogP contribution in [0.15, 0.2) is 18.2 Å². The van der Waals surface area contributed by atoms with Gasteiger partial charge in [0.05, 0.1) is 13.0 Å². The Morgan fingerprint density at radius 2 is 2.05 bits per heavy atom. The minimum absolute atomic E-state index is 0. The predicted octanol–water partition coefficient (Wildman–Crippen LogP) is 1.47. The van der Waals surface area contributed by atoms with Crippen LogP contribution in [0, 0.1) is 0 Å². The number of carboxylic acids is 1. The summed E-state index contributed by atoms with van der Waals surface area (Å²) in [6.07, 6.45) is -0.0440. The second-order valence-electron chi connectivity index (χ2n) is 3.70. The van der Waals surface area contributed by atoms with Crippen molar-refractivity contribution in [1.82, 2.24) is 0 Å². The number of carboxylic acid groups (broad SMARTS) is 1. The van der Waals surface area contributed by atoms with E-state index in [2.05, 4.69) is 0 Å². The first-order valence-electron chi connectivity index (χ1n) is 5.43. The lowest BCUT2D eigenvalue weighted by Gasteiger charge is -2.12. The molecule has 1 rings (SSSR count). The number of carbonyl (C=O) groups excluding carboxylic acids is 1. The molecule has 0 bridgehead atoms. The summed E-state index contributed by atoms with van der Waals surface area (Å²) in [6, 6.07) is 3.31. The molecule has 0 radical (unpaired) electrons. The van der Waals surface area contributed by atoms with Gasteiger partial charge in [0.15, 0.2) is 0 Å². The molecule has 0 saturated carbocycles. The van der Waals surface area contributed by atoms with Crippen molar-refractivity contribution < 1.29 is 24.5 Å². The molecule has 0 amide bonds. The summed E-state index contributed by atoms with van der Waals surface area (Å²) in [7, 11) is 0. The molecule has 0 aromatic heterocycles. The van der Waals surface area contributed by atoms with Crippen LogP contribution in [0.4, 0.5) is 0 Å². The predicted molar refractivity (Wildman–Crippen MR) is 70.5 cm³/mol. The quantitative estimate of drug-likeness (QED) is 0.708. The molecule has 0 aliphatic carbocycles. The number of hydrogen-bond donors (Lipinski definition) is 3. The molecule has 4 N–H and O–H groups in total. The van der Waals surface area contributed by atoms with E-state index in [-0.39, 0.29) is 36.7 Å². The highest BCUT2D eigenvalue weighted by atomic mass is 35.5. The van der Waals surface area contributed by atoms with Crippen LogP contribution < -0.4 is 5.73 Å². The molecule has 0 aliphatic rings.